The normalized spacial score (nSPS) is 18.9. The minimum atomic E-state index is -0.837. The van der Waals surface area contributed by atoms with Crippen molar-refractivity contribution in [3.63, 3.8) is 0 Å². The van der Waals surface area contributed by atoms with Crippen LogP contribution < -0.4 is 0 Å². The molecule has 2 N–H and O–H groups in total. The molecule has 3 heterocycles. The van der Waals surface area contributed by atoms with Gasteiger partial charge >= 0.3 is 5.97 Å². The monoisotopic (exact) mass is 259 g/mol. The van der Waals surface area contributed by atoms with E-state index in [1.165, 1.54) is 0 Å². The first-order valence-corrected chi connectivity index (χ1v) is 6.11. The highest BCUT2D eigenvalue weighted by molar-refractivity contribution is 6.06. The number of aromatic amines is 1. The lowest BCUT2D eigenvalue weighted by Crippen LogP contribution is -2.29. The maximum absolute atomic E-state index is 12.4. The second-order valence-electron chi connectivity index (χ2n) is 4.68. The summed E-state index contributed by atoms with van der Waals surface area (Å²) in [6.45, 7) is 0.768. The fraction of sp³-hybridized carbons (Fsp3) is 0.308. The molecule has 0 bridgehead atoms. The smallest absolute Gasteiger partial charge is 0.308 e. The van der Waals surface area contributed by atoms with E-state index in [2.05, 4.69) is 9.97 Å². The van der Waals surface area contributed by atoms with Gasteiger partial charge in [0.05, 0.1) is 11.5 Å². The van der Waals surface area contributed by atoms with Crippen molar-refractivity contribution in [1.82, 2.24) is 14.9 Å². The highest BCUT2D eigenvalue weighted by Crippen LogP contribution is 2.22. The summed E-state index contributed by atoms with van der Waals surface area (Å²) in [5, 5.41) is 9.73. The highest BCUT2D eigenvalue weighted by atomic mass is 16.4. The summed E-state index contributed by atoms with van der Waals surface area (Å²) in [7, 11) is 0. The molecule has 19 heavy (non-hydrogen) atoms. The zero-order valence-corrected chi connectivity index (χ0v) is 10.2. The predicted molar refractivity (Wildman–Crippen MR) is 67.7 cm³/mol. The van der Waals surface area contributed by atoms with Gasteiger partial charge in [0.1, 0.15) is 5.65 Å². The third-order valence-electron chi connectivity index (χ3n) is 3.51. The molecule has 0 aliphatic carbocycles. The Hall–Kier alpha value is -2.37. The second-order valence-corrected chi connectivity index (χ2v) is 4.68. The molecule has 3 rings (SSSR count). The largest absolute Gasteiger partial charge is 0.481 e. The van der Waals surface area contributed by atoms with Gasteiger partial charge < -0.3 is 15.0 Å². The molecule has 1 aliphatic heterocycles. The number of hydrogen-bond acceptors (Lipinski definition) is 3. The molecule has 6 heteroatoms. The minimum Gasteiger partial charge on any atom is -0.481 e. The van der Waals surface area contributed by atoms with Crippen LogP contribution >= 0.6 is 0 Å². The zero-order valence-electron chi connectivity index (χ0n) is 10.2. The van der Waals surface area contributed by atoms with Crippen molar-refractivity contribution in [1.29, 1.82) is 0 Å². The molecule has 1 saturated heterocycles. The Labute approximate surface area is 109 Å². The lowest BCUT2D eigenvalue weighted by molar-refractivity contribution is -0.141. The third kappa shape index (κ3) is 1.95. The number of carboxylic acids is 1. The van der Waals surface area contributed by atoms with Gasteiger partial charge in [-0.3, -0.25) is 9.59 Å². The van der Waals surface area contributed by atoms with E-state index in [0.29, 0.717) is 24.2 Å². The molecule has 2 aromatic rings. The Morgan fingerprint density at radius 1 is 1.47 bits per heavy atom. The van der Waals surface area contributed by atoms with Gasteiger partial charge in [0.25, 0.3) is 5.91 Å². The number of fused-ring (bicyclic) bond motifs is 1. The van der Waals surface area contributed by atoms with Crippen LogP contribution in [0.15, 0.2) is 24.5 Å². The number of nitrogens with zero attached hydrogens (tertiary/aromatic N) is 2. The summed E-state index contributed by atoms with van der Waals surface area (Å²) < 4.78 is 0. The number of H-pyrrole nitrogens is 1. The van der Waals surface area contributed by atoms with Gasteiger partial charge in [-0.2, -0.15) is 0 Å². The first-order valence-electron chi connectivity index (χ1n) is 6.11. The number of likely N-dealkylation sites (tertiary alicyclic amines) is 1. The fourth-order valence-electron chi connectivity index (χ4n) is 2.45. The van der Waals surface area contributed by atoms with E-state index < -0.39 is 11.9 Å². The summed E-state index contributed by atoms with van der Waals surface area (Å²) in [5.74, 6) is -1.42. The van der Waals surface area contributed by atoms with E-state index >= 15 is 0 Å². The van der Waals surface area contributed by atoms with Crippen molar-refractivity contribution in [2.45, 2.75) is 6.42 Å². The quantitative estimate of drug-likeness (QED) is 0.845. The molecule has 1 amide bonds. The summed E-state index contributed by atoms with van der Waals surface area (Å²) in [5.41, 5.74) is 1.22. The van der Waals surface area contributed by atoms with Gasteiger partial charge in [0.2, 0.25) is 0 Å². The SMILES string of the molecule is O=C(O)C1CCN(C(=O)c2c[nH]c3ncccc23)C1. The highest BCUT2D eigenvalue weighted by Gasteiger charge is 2.32. The summed E-state index contributed by atoms with van der Waals surface area (Å²) in [4.78, 5) is 32.0. The number of carbonyl (C=O) groups is 2. The lowest BCUT2D eigenvalue weighted by atomic mass is 10.1. The number of aromatic nitrogens is 2. The zero-order chi connectivity index (χ0) is 13.4. The van der Waals surface area contributed by atoms with E-state index in [4.69, 9.17) is 5.11 Å². The van der Waals surface area contributed by atoms with Crippen LogP contribution in [0, 0.1) is 5.92 Å². The van der Waals surface area contributed by atoms with Crippen LogP contribution in [0.2, 0.25) is 0 Å². The summed E-state index contributed by atoms with van der Waals surface area (Å²) in [6, 6.07) is 3.60. The number of rotatable bonds is 2. The molecule has 0 radical (unpaired) electrons. The number of nitrogens with one attached hydrogen (secondary N) is 1. The number of aliphatic carboxylic acids is 1. The molecule has 0 aromatic carbocycles. The molecule has 1 fully saturated rings. The molecular formula is C13H13N3O3. The molecular weight excluding hydrogens is 246 g/mol. The Balaban J connectivity index is 1.87. The van der Waals surface area contributed by atoms with Gasteiger partial charge in [-0.15, -0.1) is 0 Å². The Morgan fingerprint density at radius 2 is 2.32 bits per heavy atom. The number of carbonyl (C=O) groups excluding carboxylic acids is 1. The van der Waals surface area contributed by atoms with Gasteiger partial charge in [-0.1, -0.05) is 0 Å². The van der Waals surface area contributed by atoms with Crippen molar-refractivity contribution in [3.05, 3.63) is 30.1 Å². The van der Waals surface area contributed by atoms with E-state index in [0.717, 1.165) is 5.39 Å². The van der Waals surface area contributed by atoms with Crippen molar-refractivity contribution in [2.24, 2.45) is 5.92 Å². The molecule has 98 valence electrons. The molecule has 6 nitrogen and oxygen atoms in total. The first-order chi connectivity index (χ1) is 9.16. The van der Waals surface area contributed by atoms with Crippen LogP contribution in [0.3, 0.4) is 0 Å². The van der Waals surface area contributed by atoms with E-state index in [1.54, 1.807) is 23.4 Å². The number of hydrogen-bond donors (Lipinski definition) is 2. The van der Waals surface area contributed by atoms with Gasteiger partial charge in [-0.25, -0.2) is 4.98 Å². The maximum atomic E-state index is 12.4. The standard InChI is InChI=1S/C13H13N3O3/c17-12(16-5-3-8(7-16)13(18)19)10-6-15-11-9(10)2-1-4-14-11/h1-2,4,6,8H,3,5,7H2,(H,14,15)(H,18,19). The van der Waals surface area contributed by atoms with Crippen molar-refractivity contribution >= 4 is 22.9 Å². The van der Waals surface area contributed by atoms with Crippen molar-refractivity contribution in [3.8, 4) is 0 Å². The number of carboxylic acid groups (broad SMARTS) is 1. The molecule has 2 aromatic heterocycles. The molecule has 0 saturated carbocycles. The lowest BCUT2D eigenvalue weighted by Gasteiger charge is -2.14. The van der Waals surface area contributed by atoms with E-state index in [-0.39, 0.29) is 12.5 Å². The first kappa shape index (κ1) is 11.7. The summed E-state index contributed by atoms with van der Waals surface area (Å²) >= 11 is 0. The van der Waals surface area contributed by atoms with Crippen LogP contribution in [0.1, 0.15) is 16.8 Å². The average molecular weight is 259 g/mol. The molecule has 1 atom stereocenters. The second kappa shape index (κ2) is 4.38. The fourth-order valence-corrected chi connectivity index (χ4v) is 2.45. The van der Waals surface area contributed by atoms with Crippen LogP contribution in [-0.4, -0.2) is 44.9 Å². The number of pyridine rings is 1. The van der Waals surface area contributed by atoms with E-state index in [1.807, 2.05) is 6.07 Å². The Morgan fingerprint density at radius 3 is 3.05 bits per heavy atom. The molecule has 0 spiro atoms. The van der Waals surface area contributed by atoms with Crippen LogP contribution in [-0.2, 0) is 4.79 Å². The topological polar surface area (TPSA) is 86.3 Å². The Bertz CT molecular complexity index is 649. The average Bonchev–Trinajstić information content (AvgIpc) is 3.05. The van der Waals surface area contributed by atoms with Crippen LogP contribution in [0.4, 0.5) is 0 Å². The van der Waals surface area contributed by atoms with Crippen molar-refractivity contribution in [2.75, 3.05) is 13.1 Å². The van der Waals surface area contributed by atoms with Crippen molar-refractivity contribution < 1.29 is 14.7 Å². The van der Waals surface area contributed by atoms with Gasteiger partial charge in [-0.05, 0) is 18.6 Å². The van der Waals surface area contributed by atoms with Gasteiger partial charge in [0, 0.05) is 30.9 Å². The molecule has 1 aliphatic rings. The van der Waals surface area contributed by atoms with E-state index in [9.17, 15) is 9.59 Å². The number of amides is 1. The predicted octanol–water partition coefficient (Wildman–Crippen LogP) is 1.11. The molecule has 1 unspecified atom stereocenters. The third-order valence-corrected chi connectivity index (χ3v) is 3.51. The minimum absolute atomic E-state index is 0.136. The Kier molecular flexibility index (Phi) is 2.70. The summed E-state index contributed by atoms with van der Waals surface area (Å²) in [6.07, 6.45) is 3.80. The maximum Gasteiger partial charge on any atom is 0.308 e. The van der Waals surface area contributed by atoms with Crippen LogP contribution in [0.5, 0.6) is 0 Å². The van der Waals surface area contributed by atoms with Gasteiger partial charge in [0.15, 0.2) is 0 Å². The van der Waals surface area contributed by atoms with Crippen LogP contribution in [0.25, 0.3) is 11.0 Å².